The van der Waals surface area contributed by atoms with Crippen LogP contribution in [0.2, 0.25) is 0 Å². The van der Waals surface area contributed by atoms with E-state index in [4.69, 9.17) is 14.2 Å². The number of hydrogen-bond acceptors (Lipinski definition) is 8. The molecule has 1 aromatic carbocycles. The van der Waals surface area contributed by atoms with Crippen molar-refractivity contribution in [3.05, 3.63) is 18.2 Å². The van der Waals surface area contributed by atoms with Crippen molar-refractivity contribution in [3.8, 4) is 11.5 Å². The molecule has 1 aromatic heterocycles. The highest BCUT2D eigenvalue weighted by atomic mass is 32.2. The first-order chi connectivity index (χ1) is 15.0. The average Bonchev–Trinajstić information content (AvgIpc) is 3.15. The number of aromatic nitrogens is 3. The third-order valence-electron chi connectivity index (χ3n) is 5.00. The molecule has 168 valence electrons. The van der Waals surface area contributed by atoms with Crippen molar-refractivity contribution in [3.63, 3.8) is 0 Å². The minimum Gasteiger partial charge on any atom is -0.486 e. The predicted molar refractivity (Wildman–Crippen MR) is 119 cm³/mol. The standard InChI is InChI=1S/C21H29N5O4S/c1-14(2)13-26-20(25-6-8-28-9-7-25)23-24-21(26)31-15(3)19(27)22-16-4-5-17-18(12-16)30-11-10-29-17/h4-5,12,14-15H,6-11,13H2,1-3H3,(H,22,27). The molecule has 3 heterocycles. The van der Waals surface area contributed by atoms with Gasteiger partial charge in [-0.1, -0.05) is 25.6 Å². The van der Waals surface area contributed by atoms with Crippen LogP contribution in [0.1, 0.15) is 20.8 Å². The first kappa shape index (κ1) is 21.8. The molecule has 2 aliphatic heterocycles. The number of morpholine rings is 1. The maximum absolute atomic E-state index is 12.8. The summed E-state index contributed by atoms with van der Waals surface area (Å²) in [4.78, 5) is 15.0. The smallest absolute Gasteiger partial charge is 0.237 e. The van der Waals surface area contributed by atoms with Crippen LogP contribution < -0.4 is 19.7 Å². The van der Waals surface area contributed by atoms with Crippen LogP contribution in [-0.4, -0.2) is 65.4 Å². The fourth-order valence-electron chi connectivity index (χ4n) is 3.47. The number of hydrogen-bond donors (Lipinski definition) is 1. The molecule has 0 aliphatic carbocycles. The third kappa shape index (κ3) is 5.24. The zero-order valence-electron chi connectivity index (χ0n) is 18.2. The summed E-state index contributed by atoms with van der Waals surface area (Å²) in [5, 5.41) is 12.2. The van der Waals surface area contributed by atoms with Crippen LogP contribution in [0.15, 0.2) is 23.4 Å². The molecule has 10 heteroatoms. The van der Waals surface area contributed by atoms with E-state index in [2.05, 4.69) is 38.8 Å². The van der Waals surface area contributed by atoms with Gasteiger partial charge in [0.1, 0.15) is 13.2 Å². The van der Waals surface area contributed by atoms with Gasteiger partial charge >= 0.3 is 0 Å². The SMILES string of the molecule is CC(C)Cn1c(SC(C)C(=O)Nc2ccc3c(c2)OCCO3)nnc1N1CCOCC1. The fourth-order valence-corrected chi connectivity index (χ4v) is 4.32. The van der Waals surface area contributed by atoms with Gasteiger partial charge in [-0.05, 0) is 25.0 Å². The van der Waals surface area contributed by atoms with Gasteiger partial charge in [0.25, 0.3) is 0 Å². The molecular formula is C21H29N5O4S. The van der Waals surface area contributed by atoms with Crippen LogP contribution >= 0.6 is 11.8 Å². The molecule has 2 aromatic rings. The van der Waals surface area contributed by atoms with Gasteiger partial charge in [-0.3, -0.25) is 9.36 Å². The van der Waals surface area contributed by atoms with Crippen molar-refractivity contribution in [2.75, 3.05) is 49.7 Å². The first-order valence-corrected chi connectivity index (χ1v) is 11.5. The molecule has 2 aliphatic rings. The zero-order valence-corrected chi connectivity index (χ0v) is 19.0. The predicted octanol–water partition coefficient (Wildman–Crippen LogP) is 2.66. The largest absolute Gasteiger partial charge is 0.486 e. The van der Waals surface area contributed by atoms with Gasteiger partial charge in [-0.15, -0.1) is 10.2 Å². The van der Waals surface area contributed by atoms with E-state index in [1.54, 1.807) is 6.07 Å². The molecule has 0 bridgehead atoms. The Bertz CT molecular complexity index is 913. The lowest BCUT2D eigenvalue weighted by molar-refractivity contribution is -0.115. The van der Waals surface area contributed by atoms with E-state index >= 15 is 0 Å². The number of amides is 1. The van der Waals surface area contributed by atoms with Crippen molar-refractivity contribution in [1.29, 1.82) is 0 Å². The monoisotopic (exact) mass is 447 g/mol. The van der Waals surface area contributed by atoms with Gasteiger partial charge in [0.05, 0.1) is 18.5 Å². The molecule has 9 nitrogen and oxygen atoms in total. The lowest BCUT2D eigenvalue weighted by Gasteiger charge is -2.28. The molecule has 4 rings (SSSR count). The zero-order chi connectivity index (χ0) is 21.8. The number of carbonyl (C=O) groups is 1. The quantitative estimate of drug-likeness (QED) is 0.648. The van der Waals surface area contributed by atoms with Crippen molar-refractivity contribution in [1.82, 2.24) is 14.8 Å². The van der Waals surface area contributed by atoms with Crippen LogP contribution in [0.5, 0.6) is 11.5 Å². The molecule has 1 N–H and O–H groups in total. The number of carbonyl (C=O) groups excluding carboxylic acids is 1. The third-order valence-corrected chi connectivity index (χ3v) is 6.08. The summed E-state index contributed by atoms with van der Waals surface area (Å²) in [5.74, 6) is 2.52. The van der Waals surface area contributed by atoms with Crippen molar-refractivity contribution >= 4 is 29.3 Å². The molecule has 1 fully saturated rings. The number of fused-ring (bicyclic) bond motifs is 1. The lowest BCUT2D eigenvalue weighted by atomic mass is 10.2. The summed E-state index contributed by atoms with van der Waals surface area (Å²) in [6, 6.07) is 5.43. The van der Waals surface area contributed by atoms with Crippen LogP contribution in [-0.2, 0) is 16.1 Å². The van der Waals surface area contributed by atoms with Crippen molar-refractivity contribution in [2.24, 2.45) is 5.92 Å². The van der Waals surface area contributed by atoms with E-state index in [1.165, 1.54) is 11.8 Å². The van der Waals surface area contributed by atoms with E-state index in [-0.39, 0.29) is 11.2 Å². The maximum Gasteiger partial charge on any atom is 0.237 e. The lowest BCUT2D eigenvalue weighted by Crippen LogP contribution is -2.38. The van der Waals surface area contributed by atoms with E-state index in [0.29, 0.717) is 49.5 Å². The van der Waals surface area contributed by atoms with Crippen LogP contribution in [0.3, 0.4) is 0 Å². The molecule has 1 saturated heterocycles. The Labute approximate surface area is 186 Å². The topological polar surface area (TPSA) is 90.7 Å². The van der Waals surface area contributed by atoms with Crippen LogP contribution in [0, 0.1) is 5.92 Å². The highest BCUT2D eigenvalue weighted by Crippen LogP contribution is 2.33. The molecule has 0 radical (unpaired) electrons. The second kappa shape index (κ2) is 9.78. The summed E-state index contributed by atoms with van der Waals surface area (Å²) < 4.78 is 18.7. The van der Waals surface area contributed by atoms with E-state index in [0.717, 1.165) is 30.7 Å². The first-order valence-electron chi connectivity index (χ1n) is 10.6. The number of rotatable bonds is 7. The minimum atomic E-state index is -0.346. The molecule has 1 amide bonds. The van der Waals surface area contributed by atoms with Gasteiger partial charge in [0.15, 0.2) is 16.7 Å². The Balaban J connectivity index is 1.45. The second-order valence-corrected chi connectivity index (χ2v) is 9.30. The molecule has 1 unspecified atom stereocenters. The molecule has 1 atom stereocenters. The van der Waals surface area contributed by atoms with E-state index in [1.807, 2.05) is 19.1 Å². The molecule has 0 saturated carbocycles. The highest BCUT2D eigenvalue weighted by Gasteiger charge is 2.24. The average molecular weight is 448 g/mol. The van der Waals surface area contributed by atoms with E-state index in [9.17, 15) is 4.79 Å². The van der Waals surface area contributed by atoms with Gasteiger partial charge < -0.3 is 24.4 Å². The summed E-state index contributed by atoms with van der Waals surface area (Å²) in [6.07, 6.45) is 0. The Kier molecular flexibility index (Phi) is 6.86. The molecule has 31 heavy (non-hydrogen) atoms. The number of anilines is 2. The normalized spacial score (nSPS) is 17.0. The van der Waals surface area contributed by atoms with Crippen LogP contribution in [0.25, 0.3) is 0 Å². The fraction of sp³-hybridized carbons (Fsp3) is 0.571. The van der Waals surface area contributed by atoms with Gasteiger partial charge in [0.2, 0.25) is 11.9 Å². The number of ether oxygens (including phenoxy) is 3. The highest BCUT2D eigenvalue weighted by molar-refractivity contribution is 8.00. The molecule has 0 spiro atoms. The van der Waals surface area contributed by atoms with Crippen LogP contribution in [0.4, 0.5) is 11.6 Å². The van der Waals surface area contributed by atoms with Gasteiger partial charge in [0, 0.05) is 31.4 Å². The van der Waals surface area contributed by atoms with Gasteiger partial charge in [-0.25, -0.2) is 0 Å². The van der Waals surface area contributed by atoms with Crippen molar-refractivity contribution < 1.29 is 19.0 Å². The molecular weight excluding hydrogens is 418 g/mol. The summed E-state index contributed by atoms with van der Waals surface area (Å²) >= 11 is 1.42. The number of benzene rings is 1. The summed E-state index contributed by atoms with van der Waals surface area (Å²) in [6.45, 7) is 11.0. The summed E-state index contributed by atoms with van der Waals surface area (Å²) in [7, 11) is 0. The Morgan fingerprint density at radius 1 is 1.10 bits per heavy atom. The summed E-state index contributed by atoms with van der Waals surface area (Å²) in [5.41, 5.74) is 0.680. The number of nitrogens with zero attached hydrogens (tertiary/aromatic N) is 4. The number of nitrogens with one attached hydrogen (secondary N) is 1. The number of thioether (sulfide) groups is 1. The Morgan fingerprint density at radius 2 is 1.84 bits per heavy atom. The van der Waals surface area contributed by atoms with E-state index < -0.39 is 0 Å². The van der Waals surface area contributed by atoms with Crippen molar-refractivity contribution in [2.45, 2.75) is 37.7 Å². The Hall–Kier alpha value is -2.46. The Morgan fingerprint density at radius 3 is 2.58 bits per heavy atom. The van der Waals surface area contributed by atoms with Gasteiger partial charge in [-0.2, -0.15) is 0 Å². The maximum atomic E-state index is 12.8. The second-order valence-electron chi connectivity index (χ2n) is 7.99. The minimum absolute atomic E-state index is 0.103.